The first-order valence-corrected chi connectivity index (χ1v) is 10.3. The first-order chi connectivity index (χ1) is 15.0. The number of aromatic nitrogens is 1. The lowest BCUT2D eigenvalue weighted by molar-refractivity contribution is -0.384. The Hall–Kier alpha value is -3.47. The SMILES string of the molecule is O=C(O)CCNC(=S)NCCCNc1nc(NCCc2ccccc2)ccc1[N+](=O)[O-]. The zero-order valence-electron chi connectivity index (χ0n) is 17.0. The summed E-state index contributed by atoms with van der Waals surface area (Å²) in [5.74, 6) is -0.131. The molecule has 0 radical (unpaired) electrons. The van der Waals surface area contributed by atoms with Gasteiger partial charge in [-0.15, -0.1) is 0 Å². The van der Waals surface area contributed by atoms with Crippen LogP contribution < -0.4 is 21.3 Å². The van der Waals surface area contributed by atoms with E-state index >= 15 is 0 Å². The molecule has 0 unspecified atom stereocenters. The van der Waals surface area contributed by atoms with Crippen molar-refractivity contribution < 1.29 is 14.8 Å². The maximum atomic E-state index is 11.3. The second-order valence-corrected chi connectivity index (χ2v) is 7.00. The number of anilines is 2. The first-order valence-electron chi connectivity index (χ1n) is 9.86. The average molecular weight is 447 g/mol. The largest absolute Gasteiger partial charge is 0.481 e. The molecule has 0 aliphatic heterocycles. The molecule has 1 aromatic carbocycles. The predicted octanol–water partition coefficient (Wildman–Crippen LogP) is 2.39. The molecule has 5 N–H and O–H groups in total. The van der Waals surface area contributed by atoms with Gasteiger partial charge in [-0.25, -0.2) is 4.98 Å². The van der Waals surface area contributed by atoms with Crippen molar-refractivity contribution in [3.05, 3.63) is 58.1 Å². The molecular formula is C20H26N6O4S. The molecule has 31 heavy (non-hydrogen) atoms. The number of carboxylic acid groups (broad SMARTS) is 1. The maximum absolute atomic E-state index is 11.3. The van der Waals surface area contributed by atoms with E-state index in [2.05, 4.69) is 26.3 Å². The molecule has 0 bridgehead atoms. The van der Waals surface area contributed by atoms with E-state index in [-0.39, 0.29) is 24.5 Å². The van der Waals surface area contributed by atoms with Crippen molar-refractivity contribution in [2.24, 2.45) is 0 Å². The van der Waals surface area contributed by atoms with Crippen LogP contribution in [0, 0.1) is 10.1 Å². The number of pyridine rings is 1. The second-order valence-electron chi connectivity index (χ2n) is 6.59. The number of carbonyl (C=O) groups is 1. The Morgan fingerprint density at radius 1 is 1.03 bits per heavy atom. The Kier molecular flexibility index (Phi) is 9.95. The highest BCUT2D eigenvalue weighted by atomic mass is 32.1. The van der Waals surface area contributed by atoms with Gasteiger partial charge in [0.05, 0.1) is 11.3 Å². The van der Waals surface area contributed by atoms with Crippen LogP contribution in [0.2, 0.25) is 0 Å². The molecule has 10 nitrogen and oxygen atoms in total. The van der Waals surface area contributed by atoms with Crippen LogP contribution >= 0.6 is 12.2 Å². The lowest BCUT2D eigenvalue weighted by atomic mass is 10.1. The molecule has 0 spiro atoms. The highest BCUT2D eigenvalue weighted by molar-refractivity contribution is 7.80. The Bertz CT molecular complexity index is 881. The standard InChI is InChI=1S/C20H26N6O4S/c27-18(28)10-14-24-20(31)23-12-4-11-22-19-16(26(29)30)7-8-17(25-19)21-13-9-15-5-2-1-3-6-15/h1-3,5-8H,4,9-14H2,(H,27,28)(H2,21,22,25)(H2,23,24,31). The lowest BCUT2D eigenvalue weighted by Gasteiger charge is -2.11. The molecule has 11 heteroatoms. The van der Waals surface area contributed by atoms with Crippen LogP contribution in [0.25, 0.3) is 0 Å². The van der Waals surface area contributed by atoms with Crippen molar-refractivity contribution >= 4 is 40.6 Å². The fraction of sp³-hybridized carbons (Fsp3) is 0.350. The van der Waals surface area contributed by atoms with Crippen molar-refractivity contribution in [1.82, 2.24) is 15.6 Å². The summed E-state index contributed by atoms with van der Waals surface area (Å²) >= 11 is 5.05. The van der Waals surface area contributed by atoms with E-state index in [4.69, 9.17) is 17.3 Å². The van der Waals surface area contributed by atoms with Gasteiger partial charge in [0.1, 0.15) is 5.82 Å². The minimum Gasteiger partial charge on any atom is -0.481 e. The monoisotopic (exact) mass is 446 g/mol. The van der Waals surface area contributed by atoms with Gasteiger partial charge in [0.25, 0.3) is 0 Å². The van der Waals surface area contributed by atoms with Crippen LogP contribution in [0.3, 0.4) is 0 Å². The maximum Gasteiger partial charge on any atom is 0.311 e. The number of aliphatic carboxylic acids is 1. The first kappa shape index (κ1) is 23.8. The Labute approximate surface area is 185 Å². The van der Waals surface area contributed by atoms with Crippen LogP contribution in [0.1, 0.15) is 18.4 Å². The summed E-state index contributed by atoms with van der Waals surface area (Å²) < 4.78 is 0. The van der Waals surface area contributed by atoms with E-state index in [9.17, 15) is 14.9 Å². The minimum absolute atomic E-state index is 0.0194. The molecule has 0 saturated heterocycles. The summed E-state index contributed by atoms with van der Waals surface area (Å²) in [7, 11) is 0. The van der Waals surface area contributed by atoms with Crippen molar-refractivity contribution in [2.75, 3.05) is 36.8 Å². The van der Waals surface area contributed by atoms with Crippen molar-refractivity contribution in [3.8, 4) is 0 Å². The third-order valence-electron chi connectivity index (χ3n) is 4.19. The van der Waals surface area contributed by atoms with Gasteiger partial charge in [0.2, 0.25) is 5.82 Å². The third-order valence-corrected chi connectivity index (χ3v) is 4.48. The average Bonchev–Trinajstić information content (AvgIpc) is 2.74. The third kappa shape index (κ3) is 9.26. The molecule has 1 heterocycles. The number of nitrogens with zero attached hydrogens (tertiary/aromatic N) is 2. The normalized spacial score (nSPS) is 10.2. The van der Waals surface area contributed by atoms with Crippen molar-refractivity contribution in [1.29, 1.82) is 0 Å². The summed E-state index contributed by atoms with van der Waals surface area (Å²) in [4.78, 5) is 25.6. The Morgan fingerprint density at radius 3 is 2.48 bits per heavy atom. The van der Waals surface area contributed by atoms with Crippen molar-refractivity contribution in [3.63, 3.8) is 0 Å². The fourth-order valence-electron chi connectivity index (χ4n) is 2.65. The number of benzene rings is 1. The number of rotatable bonds is 13. The lowest BCUT2D eigenvalue weighted by Crippen LogP contribution is -2.37. The van der Waals surface area contributed by atoms with E-state index in [1.165, 1.54) is 11.6 Å². The highest BCUT2D eigenvalue weighted by Crippen LogP contribution is 2.23. The predicted molar refractivity (Wildman–Crippen MR) is 123 cm³/mol. The molecule has 0 saturated carbocycles. The molecule has 1 aromatic heterocycles. The topological polar surface area (TPSA) is 141 Å². The van der Waals surface area contributed by atoms with E-state index in [1.807, 2.05) is 30.3 Å². The summed E-state index contributed by atoms with van der Waals surface area (Å²) in [6, 6.07) is 13.0. The van der Waals surface area contributed by atoms with Crippen molar-refractivity contribution in [2.45, 2.75) is 19.3 Å². The quantitative estimate of drug-likeness (QED) is 0.135. The Morgan fingerprint density at radius 2 is 1.77 bits per heavy atom. The Balaban J connectivity index is 1.78. The summed E-state index contributed by atoms with van der Waals surface area (Å²) in [6.07, 6.45) is 1.42. The molecule has 2 aromatic rings. The van der Waals surface area contributed by atoms with Gasteiger partial charge in [-0.1, -0.05) is 30.3 Å². The van der Waals surface area contributed by atoms with E-state index in [1.54, 1.807) is 6.07 Å². The van der Waals surface area contributed by atoms with Crippen LogP contribution in [0.4, 0.5) is 17.3 Å². The van der Waals surface area contributed by atoms with Gasteiger partial charge in [0, 0.05) is 32.2 Å². The molecule has 0 aliphatic carbocycles. The highest BCUT2D eigenvalue weighted by Gasteiger charge is 2.15. The van der Waals surface area contributed by atoms with Crippen LogP contribution in [0.15, 0.2) is 42.5 Å². The smallest absolute Gasteiger partial charge is 0.311 e. The zero-order chi connectivity index (χ0) is 22.5. The van der Waals surface area contributed by atoms with Crippen LogP contribution in [-0.4, -0.2) is 52.3 Å². The van der Waals surface area contributed by atoms with Gasteiger partial charge in [-0.3, -0.25) is 14.9 Å². The molecular weight excluding hydrogens is 420 g/mol. The number of thiocarbonyl (C=S) groups is 1. The summed E-state index contributed by atoms with van der Waals surface area (Å²) in [5.41, 5.74) is 1.10. The van der Waals surface area contributed by atoms with Gasteiger partial charge in [-0.05, 0) is 36.7 Å². The minimum atomic E-state index is -0.898. The van der Waals surface area contributed by atoms with Crippen LogP contribution in [0.5, 0.6) is 0 Å². The molecule has 0 amide bonds. The van der Waals surface area contributed by atoms with Gasteiger partial charge >= 0.3 is 11.7 Å². The second kappa shape index (κ2) is 13.0. The van der Waals surface area contributed by atoms with E-state index in [0.717, 1.165) is 6.42 Å². The summed E-state index contributed by atoms with van der Waals surface area (Å²) in [6.45, 7) is 1.88. The number of hydrogen-bond donors (Lipinski definition) is 5. The molecule has 2 rings (SSSR count). The summed E-state index contributed by atoms with van der Waals surface area (Å²) in [5, 5.41) is 32.2. The number of hydrogen-bond acceptors (Lipinski definition) is 7. The van der Waals surface area contributed by atoms with Gasteiger partial charge in [-0.2, -0.15) is 0 Å². The van der Waals surface area contributed by atoms with Gasteiger partial charge < -0.3 is 26.4 Å². The van der Waals surface area contributed by atoms with E-state index < -0.39 is 10.9 Å². The molecule has 166 valence electrons. The number of nitro groups is 1. The molecule has 0 fully saturated rings. The molecule has 0 atom stereocenters. The van der Waals surface area contributed by atoms with Crippen LogP contribution in [-0.2, 0) is 11.2 Å². The van der Waals surface area contributed by atoms with E-state index in [0.29, 0.717) is 37.0 Å². The number of carboxylic acids is 1. The molecule has 0 aliphatic rings. The van der Waals surface area contributed by atoms with Gasteiger partial charge in [0.15, 0.2) is 5.11 Å². The zero-order valence-corrected chi connectivity index (χ0v) is 17.8. The fourth-order valence-corrected chi connectivity index (χ4v) is 2.85. The number of nitrogens with one attached hydrogen (secondary N) is 4.